The molecule has 18 heavy (non-hydrogen) atoms. The summed E-state index contributed by atoms with van der Waals surface area (Å²) in [4.78, 5) is 23.4. The number of aliphatic carboxylic acids is 1. The Kier molecular flexibility index (Phi) is 5.35. The quantitative estimate of drug-likeness (QED) is 0.789. The molecule has 0 aromatic heterocycles. The van der Waals surface area contributed by atoms with Crippen LogP contribution in [0.25, 0.3) is 0 Å². The molecule has 5 heteroatoms. The first-order chi connectivity index (χ1) is 7.88. The maximum absolute atomic E-state index is 12.1. The number of carboxylic acid groups (broad SMARTS) is 1. The average molecular weight is 260 g/mol. The lowest BCUT2D eigenvalue weighted by molar-refractivity contribution is -0.836. The summed E-state index contributed by atoms with van der Waals surface area (Å²) < 4.78 is 4.98. The number of hydrogen-bond acceptors (Lipinski definition) is 3. The fourth-order valence-corrected chi connectivity index (χ4v) is 1.59. The van der Waals surface area contributed by atoms with E-state index < -0.39 is 23.7 Å². The molecule has 0 aromatic rings. The normalized spacial score (nSPS) is 14.4. The number of carbonyl (C=O) groups excluding carboxylic acids is 1. The van der Waals surface area contributed by atoms with Gasteiger partial charge in [-0.15, -0.1) is 0 Å². The summed E-state index contributed by atoms with van der Waals surface area (Å²) >= 11 is 0. The Hall–Kier alpha value is -1.10. The second-order valence-corrected chi connectivity index (χ2v) is 6.50. The van der Waals surface area contributed by atoms with Gasteiger partial charge in [0.2, 0.25) is 0 Å². The fraction of sp³-hybridized carbons (Fsp3) is 0.846. The molecule has 0 aromatic carbocycles. The summed E-state index contributed by atoms with van der Waals surface area (Å²) in [6, 6.07) is -0.792. The van der Waals surface area contributed by atoms with Crippen LogP contribution in [0, 0.1) is 5.92 Å². The molecule has 0 radical (unpaired) electrons. The third-order valence-electron chi connectivity index (χ3n) is 2.62. The molecule has 0 unspecified atom stereocenters. The van der Waals surface area contributed by atoms with Gasteiger partial charge in [-0.05, 0) is 26.7 Å². The highest BCUT2D eigenvalue weighted by molar-refractivity contribution is 5.75. The van der Waals surface area contributed by atoms with Crippen molar-refractivity contribution in [3.05, 3.63) is 0 Å². The van der Waals surface area contributed by atoms with Gasteiger partial charge < -0.3 is 9.84 Å². The zero-order chi connectivity index (χ0) is 14.7. The minimum Gasteiger partial charge on any atom is -0.477 e. The Morgan fingerprint density at radius 1 is 1.22 bits per heavy atom. The third-order valence-corrected chi connectivity index (χ3v) is 2.62. The van der Waals surface area contributed by atoms with Gasteiger partial charge in [-0.1, -0.05) is 13.8 Å². The predicted octanol–water partition coefficient (Wildman–Crippen LogP) is 2.50. The maximum atomic E-state index is 12.1. The number of hydrogen-bond donors (Lipinski definition) is 1. The predicted molar refractivity (Wildman–Crippen MR) is 69.2 cm³/mol. The van der Waals surface area contributed by atoms with E-state index in [1.807, 2.05) is 13.8 Å². The van der Waals surface area contributed by atoms with Crippen molar-refractivity contribution in [2.45, 2.75) is 52.7 Å². The van der Waals surface area contributed by atoms with E-state index in [-0.39, 0.29) is 10.4 Å². The van der Waals surface area contributed by atoms with Gasteiger partial charge in [0.25, 0.3) is 0 Å². The maximum Gasteiger partial charge on any atom is 0.516 e. The molecule has 0 saturated heterocycles. The molecular formula is C13H26NO4+. The summed E-state index contributed by atoms with van der Waals surface area (Å²) in [7, 11) is 3.16. The third kappa shape index (κ3) is 5.04. The zero-order valence-corrected chi connectivity index (χ0v) is 12.5. The van der Waals surface area contributed by atoms with Crippen LogP contribution in [0.15, 0.2) is 0 Å². The summed E-state index contributed by atoms with van der Waals surface area (Å²) in [5.74, 6) is -0.773. The highest BCUT2D eigenvalue weighted by Gasteiger charge is 2.44. The molecular weight excluding hydrogens is 234 g/mol. The molecule has 1 atom stereocenters. The fourth-order valence-electron chi connectivity index (χ4n) is 1.59. The highest BCUT2D eigenvalue weighted by atomic mass is 16.6. The molecule has 5 nitrogen and oxygen atoms in total. The Morgan fingerprint density at radius 3 is 1.94 bits per heavy atom. The Bertz CT molecular complexity index is 315. The topological polar surface area (TPSA) is 63.6 Å². The SMILES string of the molecule is CC(C)C[C@@H](C(=O)O)[N+](C)(C)C(=O)OC(C)(C)C. The van der Waals surface area contributed by atoms with Crippen molar-refractivity contribution in [1.29, 1.82) is 0 Å². The van der Waals surface area contributed by atoms with Crippen molar-refractivity contribution in [2.24, 2.45) is 5.92 Å². The molecule has 0 spiro atoms. The Morgan fingerprint density at radius 2 is 1.67 bits per heavy atom. The van der Waals surface area contributed by atoms with E-state index in [0.717, 1.165) is 0 Å². The molecule has 0 fully saturated rings. The van der Waals surface area contributed by atoms with Crippen LogP contribution in [0.2, 0.25) is 0 Å². The van der Waals surface area contributed by atoms with Gasteiger partial charge in [-0.3, -0.25) is 0 Å². The van der Waals surface area contributed by atoms with Gasteiger partial charge >= 0.3 is 12.1 Å². The van der Waals surface area contributed by atoms with Gasteiger partial charge in [0.05, 0.1) is 14.1 Å². The highest BCUT2D eigenvalue weighted by Crippen LogP contribution is 2.21. The van der Waals surface area contributed by atoms with E-state index in [2.05, 4.69) is 0 Å². The van der Waals surface area contributed by atoms with Crippen molar-refractivity contribution in [1.82, 2.24) is 0 Å². The van der Waals surface area contributed by atoms with Crippen molar-refractivity contribution in [3.8, 4) is 0 Å². The van der Waals surface area contributed by atoms with Crippen LogP contribution in [0.5, 0.6) is 0 Å². The van der Waals surface area contributed by atoms with Crippen LogP contribution in [0.1, 0.15) is 41.0 Å². The van der Waals surface area contributed by atoms with Gasteiger partial charge in [0.1, 0.15) is 5.60 Å². The van der Waals surface area contributed by atoms with Crippen molar-refractivity contribution >= 4 is 12.1 Å². The molecule has 0 bridgehead atoms. The van der Waals surface area contributed by atoms with Crippen molar-refractivity contribution < 1.29 is 23.9 Å². The molecule has 0 aliphatic carbocycles. The minimum absolute atomic E-state index is 0.200. The summed E-state index contributed by atoms with van der Waals surface area (Å²) in [6.07, 6.45) is -0.0859. The lowest BCUT2D eigenvalue weighted by Crippen LogP contribution is -2.58. The molecule has 0 aliphatic rings. The van der Waals surface area contributed by atoms with Crippen molar-refractivity contribution in [2.75, 3.05) is 14.1 Å². The number of nitrogens with zero attached hydrogens (tertiary/aromatic N) is 1. The minimum atomic E-state index is -0.973. The number of carboxylic acids is 1. The first-order valence-corrected chi connectivity index (χ1v) is 6.18. The summed E-state index contributed by atoms with van der Waals surface area (Å²) in [6.45, 7) is 9.17. The number of likely N-dealkylation sites (N-methyl/N-ethyl adjacent to an activating group) is 1. The van der Waals surface area contributed by atoms with Crippen LogP contribution >= 0.6 is 0 Å². The Labute approximate surface area is 109 Å². The smallest absolute Gasteiger partial charge is 0.477 e. The first-order valence-electron chi connectivity index (χ1n) is 6.18. The summed E-state index contributed by atoms with van der Waals surface area (Å²) in [5, 5.41) is 9.28. The lowest BCUT2D eigenvalue weighted by atomic mass is 10.0. The van der Waals surface area contributed by atoms with E-state index >= 15 is 0 Å². The van der Waals surface area contributed by atoms with E-state index in [1.165, 1.54) is 0 Å². The van der Waals surface area contributed by atoms with Crippen LogP contribution in [-0.4, -0.2) is 47.4 Å². The van der Waals surface area contributed by atoms with E-state index in [9.17, 15) is 14.7 Å². The van der Waals surface area contributed by atoms with Gasteiger partial charge in [0.15, 0.2) is 6.04 Å². The van der Waals surface area contributed by atoms with Crippen LogP contribution in [0.3, 0.4) is 0 Å². The van der Waals surface area contributed by atoms with Crippen LogP contribution in [0.4, 0.5) is 4.79 Å². The molecule has 1 amide bonds. The van der Waals surface area contributed by atoms with Gasteiger partial charge in [0, 0.05) is 6.42 Å². The van der Waals surface area contributed by atoms with Crippen LogP contribution < -0.4 is 0 Å². The van der Waals surface area contributed by atoms with Crippen LogP contribution in [-0.2, 0) is 9.53 Å². The summed E-state index contributed by atoms with van der Waals surface area (Å²) in [5.41, 5.74) is -0.618. The largest absolute Gasteiger partial charge is 0.516 e. The van der Waals surface area contributed by atoms with Gasteiger partial charge in [-0.2, -0.15) is 4.79 Å². The average Bonchev–Trinajstić information content (AvgIpc) is 2.10. The monoisotopic (exact) mass is 260 g/mol. The van der Waals surface area contributed by atoms with Crippen molar-refractivity contribution in [3.63, 3.8) is 0 Å². The molecule has 0 saturated carbocycles. The first kappa shape index (κ1) is 16.9. The number of quaternary nitrogens is 1. The molecule has 1 N–H and O–H groups in total. The standard InChI is InChI=1S/C13H25NO4/c1-9(2)8-10(11(15)16)14(6,7)12(17)18-13(3,4)5/h9-10H,8H2,1-7H3/p+1/t10-/m0/s1. The second-order valence-electron chi connectivity index (χ2n) is 6.50. The second kappa shape index (κ2) is 5.69. The molecule has 106 valence electrons. The molecule has 0 heterocycles. The number of ether oxygens (including phenoxy) is 1. The molecule has 0 aliphatic heterocycles. The van der Waals surface area contributed by atoms with Gasteiger partial charge in [-0.25, -0.2) is 9.28 Å². The number of amides is 1. The Balaban J connectivity index is 5.05. The lowest BCUT2D eigenvalue weighted by Gasteiger charge is -2.34. The molecule has 0 rings (SSSR count). The van der Waals surface area contributed by atoms with E-state index in [1.54, 1.807) is 34.9 Å². The van der Waals surface area contributed by atoms with E-state index in [0.29, 0.717) is 6.42 Å². The number of carbonyl (C=O) groups is 2. The van der Waals surface area contributed by atoms with E-state index in [4.69, 9.17) is 4.74 Å². The number of rotatable bonds is 4. The zero-order valence-electron chi connectivity index (χ0n) is 12.5.